The Morgan fingerprint density at radius 1 is 1.00 bits per heavy atom. The molecule has 1 fully saturated rings. The first-order chi connectivity index (χ1) is 16.4. The molecule has 0 aromatic heterocycles. The SMILES string of the molecule is CC[C@H](C(=O)NC1CCCCC1)N(Cc1c(Cl)cccc1Cl)C(=O)CSCc1ccccc1Cl. The number of hydrogen-bond donors (Lipinski definition) is 1. The van der Waals surface area contributed by atoms with Crippen LogP contribution in [0, 0.1) is 0 Å². The first-order valence-corrected chi connectivity index (χ1v) is 14.0. The Bertz CT molecular complexity index is 962. The Morgan fingerprint density at radius 2 is 1.65 bits per heavy atom. The summed E-state index contributed by atoms with van der Waals surface area (Å²) < 4.78 is 0. The highest BCUT2D eigenvalue weighted by Crippen LogP contribution is 2.28. The zero-order valence-corrected chi connectivity index (χ0v) is 22.5. The van der Waals surface area contributed by atoms with E-state index in [2.05, 4.69) is 5.32 Å². The second-order valence-corrected chi connectivity index (χ2v) is 10.8. The van der Waals surface area contributed by atoms with Crippen LogP contribution in [0.25, 0.3) is 0 Å². The van der Waals surface area contributed by atoms with Gasteiger partial charge in [-0.15, -0.1) is 11.8 Å². The van der Waals surface area contributed by atoms with Gasteiger partial charge in [0.2, 0.25) is 11.8 Å². The Balaban J connectivity index is 1.76. The van der Waals surface area contributed by atoms with Gasteiger partial charge in [-0.1, -0.05) is 85.3 Å². The van der Waals surface area contributed by atoms with E-state index in [4.69, 9.17) is 34.8 Å². The molecule has 2 aromatic rings. The monoisotopic (exact) mass is 540 g/mol. The van der Waals surface area contributed by atoms with Gasteiger partial charge in [-0.25, -0.2) is 0 Å². The summed E-state index contributed by atoms with van der Waals surface area (Å²) in [6.07, 6.45) is 5.93. The van der Waals surface area contributed by atoms with E-state index < -0.39 is 6.04 Å². The number of halogens is 3. The molecule has 1 aliphatic carbocycles. The predicted molar refractivity (Wildman–Crippen MR) is 144 cm³/mol. The number of rotatable bonds is 10. The Kier molecular flexibility index (Phi) is 10.9. The summed E-state index contributed by atoms with van der Waals surface area (Å²) in [7, 11) is 0. The molecule has 34 heavy (non-hydrogen) atoms. The number of benzene rings is 2. The summed E-state index contributed by atoms with van der Waals surface area (Å²) in [5.74, 6) is 0.596. The number of carbonyl (C=O) groups is 2. The largest absolute Gasteiger partial charge is 0.352 e. The second kappa shape index (κ2) is 13.6. The van der Waals surface area contributed by atoms with Crippen molar-refractivity contribution in [3.63, 3.8) is 0 Å². The third-order valence-corrected chi connectivity index (χ3v) is 8.21. The number of nitrogens with zero attached hydrogens (tertiary/aromatic N) is 1. The summed E-state index contributed by atoms with van der Waals surface area (Å²) in [5.41, 5.74) is 1.63. The van der Waals surface area contributed by atoms with Crippen LogP contribution in [-0.4, -0.2) is 34.6 Å². The highest BCUT2D eigenvalue weighted by Gasteiger charge is 2.31. The van der Waals surface area contributed by atoms with Gasteiger partial charge < -0.3 is 10.2 Å². The molecule has 0 spiro atoms. The lowest BCUT2D eigenvalue weighted by molar-refractivity contribution is -0.139. The summed E-state index contributed by atoms with van der Waals surface area (Å²) in [6.45, 7) is 2.11. The fraction of sp³-hybridized carbons (Fsp3) is 0.462. The average molecular weight is 542 g/mol. The summed E-state index contributed by atoms with van der Waals surface area (Å²) >= 11 is 20.6. The van der Waals surface area contributed by atoms with E-state index in [1.807, 2.05) is 31.2 Å². The van der Waals surface area contributed by atoms with Crippen LogP contribution in [0.2, 0.25) is 15.1 Å². The molecule has 2 amide bonds. The molecule has 1 aliphatic rings. The fourth-order valence-corrected chi connectivity index (χ4v) is 5.98. The van der Waals surface area contributed by atoms with Gasteiger partial charge in [0.05, 0.1) is 5.75 Å². The fourth-order valence-electron chi connectivity index (χ4n) is 4.26. The molecular formula is C26H31Cl3N2O2S. The molecule has 0 heterocycles. The van der Waals surface area contributed by atoms with Crippen LogP contribution < -0.4 is 5.32 Å². The van der Waals surface area contributed by atoms with Crippen molar-refractivity contribution < 1.29 is 9.59 Å². The van der Waals surface area contributed by atoms with Crippen LogP contribution in [0.5, 0.6) is 0 Å². The molecular weight excluding hydrogens is 511 g/mol. The smallest absolute Gasteiger partial charge is 0.243 e. The number of nitrogens with one attached hydrogen (secondary N) is 1. The van der Waals surface area contributed by atoms with E-state index in [1.165, 1.54) is 18.2 Å². The summed E-state index contributed by atoms with van der Waals surface area (Å²) in [4.78, 5) is 28.4. The van der Waals surface area contributed by atoms with Crippen LogP contribution >= 0.6 is 46.6 Å². The molecule has 0 unspecified atom stereocenters. The maximum absolute atomic E-state index is 13.4. The Hall–Kier alpha value is -1.40. The number of amides is 2. The van der Waals surface area contributed by atoms with E-state index in [0.717, 1.165) is 31.2 Å². The Labute approximate surface area is 221 Å². The third-order valence-electron chi connectivity index (χ3n) is 6.17. The molecule has 8 heteroatoms. The molecule has 0 bridgehead atoms. The van der Waals surface area contributed by atoms with Crippen molar-refractivity contribution in [2.45, 2.75) is 69.8 Å². The molecule has 1 saturated carbocycles. The van der Waals surface area contributed by atoms with Crippen molar-refractivity contribution in [1.82, 2.24) is 10.2 Å². The predicted octanol–water partition coefficient (Wildman–Crippen LogP) is 7.14. The second-order valence-electron chi connectivity index (χ2n) is 8.57. The lowest BCUT2D eigenvalue weighted by Crippen LogP contribution is -2.52. The van der Waals surface area contributed by atoms with E-state index in [-0.39, 0.29) is 30.2 Å². The lowest BCUT2D eigenvalue weighted by Gasteiger charge is -2.33. The van der Waals surface area contributed by atoms with Gasteiger partial charge in [-0.05, 0) is 43.0 Å². The summed E-state index contributed by atoms with van der Waals surface area (Å²) in [6, 6.07) is 12.5. The minimum absolute atomic E-state index is 0.109. The number of carbonyl (C=O) groups excluding carboxylic acids is 2. The highest BCUT2D eigenvalue weighted by atomic mass is 35.5. The summed E-state index contributed by atoms with van der Waals surface area (Å²) in [5, 5.41) is 4.83. The van der Waals surface area contributed by atoms with Crippen molar-refractivity contribution >= 4 is 58.4 Å². The van der Waals surface area contributed by atoms with Crippen molar-refractivity contribution in [3.8, 4) is 0 Å². The van der Waals surface area contributed by atoms with Crippen LogP contribution in [0.3, 0.4) is 0 Å². The standard InChI is InChI=1S/C26H31Cl3N2O2S/c1-2-24(26(33)30-19-10-4-3-5-11-19)31(15-20-22(28)13-8-14-23(20)29)25(32)17-34-16-18-9-6-7-12-21(18)27/h6-9,12-14,19,24H,2-5,10-11,15-17H2,1H3,(H,30,33)/t24-/m1/s1. The van der Waals surface area contributed by atoms with Crippen LogP contribution in [0.15, 0.2) is 42.5 Å². The van der Waals surface area contributed by atoms with Gasteiger partial charge in [0.25, 0.3) is 0 Å². The minimum Gasteiger partial charge on any atom is -0.352 e. The maximum Gasteiger partial charge on any atom is 0.243 e. The molecule has 2 aromatic carbocycles. The van der Waals surface area contributed by atoms with Crippen LogP contribution in [-0.2, 0) is 21.9 Å². The van der Waals surface area contributed by atoms with Gasteiger partial charge in [0, 0.05) is 39.0 Å². The normalized spacial score (nSPS) is 15.1. The minimum atomic E-state index is -0.595. The van der Waals surface area contributed by atoms with Gasteiger partial charge in [0.15, 0.2) is 0 Å². The number of hydrogen-bond acceptors (Lipinski definition) is 3. The van der Waals surface area contributed by atoms with E-state index in [9.17, 15) is 9.59 Å². The molecule has 3 rings (SSSR count). The third kappa shape index (κ3) is 7.55. The molecule has 0 aliphatic heterocycles. The first-order valence-electron chi connectivity index (χ1n) is 11.7. The van der Waals surface area contributed by atoms with Crippen molar-refractivity contribution in [1.29, 1.82) is 0 Å². The van der Waals surface area contributed by atoms with Crippen LogP contribution in [0.1, 0.15) is 56.6 Å². The topological polar surface area (TPSA) is 49.4 Å². The van der Waals surface area contributed by atoms with Gasteiger partial charge in [-0.3, -0.25) is 9.59 Å². The molecule has 1 N–H and O–H groups in total. The van der Waals surface area contributed by atoms with Crippen molar-refractivity contribution in [2.24, 2.45) is 0 Å². The van der Waals surface area contributed by atoms with Crippen molar-refractivity contribution in [3.05, 3.63) is 68.7 Å². The van der Waals surface area contributed by atoms with Gasteiger partial charge in [-0.2, -0.15) is 0 Å². The van der Waals surface area contributed by atoms with E-state index in [0.29, 0.717) is 32.8 Å². The highest BCUT2D eigenvalue weighted by molar-refractivity contribution is 7.99. The van der Waals surface area contributed by atoms with E-state index in [1.54, 1.807) is 23.1 Å². The Morgan fingerprint density at radius 3 is 2.29 bits per heavy atom. The molecule has 4 nitrogen and oxygen atoms in total. The zero-order valence-electron chi connectivity index (χ0n) is 19.4. The maximum atomic E-state index is 13.4. The van der Waals surface area contributed by atoms with Crippen molar-refractivity contribution in [2.75, 3.05) is 5.75 Å². The number of thioether (sulfide) groups is 1. The van der Waals surface area contributed by atoms with Gasteiger partial charge >= 0.3 is 0 Å². The zero-order chi connectivity index (χ0) is 24.5. The molecule has 184 valence electrons. The molecule has 0 radical (unpaired) electrons. The quantitative estimate of drug-likeness (QED) is 0.348. The van der Waals surface area contributed by atoms with E-state index >= 15 is 0 Å². The molecule has 1 atom stereocenters. The van der Waals surface area contributed by atoms with Gasteiger partial charge in [0.1, 0.15) is 6.04 Å². The van der Waals surface area contributed by atoms with Crippen LogP contribution in [0.4, 0.5) is 0 Å². The molecule has 0 saturated heterocycles. The average Bonchev–Trinajstić information content (AvgIpc) is 2.82. The lowest BCUT2D eigenvalue weighted by atomic mass is 9.95. The first kappa shape index (κ1) is 27.2.